The average Bonchev–Trinajstić information content (AvgIpc) is 3.12. The number of likely N-dealkylation sites (N-methyl/N-ethyl adjacent to an activating group) is 1. The van der Waals surface area contributed by atoms with E-state index in [2.05, 4.69) is 5.32 Å². The lowest BCUT2D eigenvalue weighted by Gasteiger charge is -2.21. The van der Waals surface area contributed by atoms with Crippen LogP contribution in [0.25, 0.3) is 0 Å². The van der Waals surface area contributed by atoms with Crippen molar-refractivity contribution >= 4 is 23.3 Å². The monoisotopic (exact) mass is 263 g/mol. The van der Waals surface area contributed by atoms with Gasteiger partial charge < -0.3 is 21.1 Å². The van der Waals surface area contributed by atoms with Crippen LogP contribution in [-0.4, -0.2) is 36.6 Å². The number of nitrogens with one attached hydrogen (secondary N) is 1. The molecule has 6 nitrogen and oxygen atoms in total. The quantitative estimate of drug-likeness (QED) is 0.679. The molecule has 1 saturated carbocycles. The molecule has 1 fully saturated rings. The summed E-state index contributed by atoms with van der Waals surface area (Å²) < 4.78 is 0. The predicted molar refractivity (Wildman–Crippen MR) is 72.2 cm³/mol. The Labute approximate surface area is 111 Å². The van der Waals surface area contributed by atoms with Crippen molar-refractivity contribution < 1.29 is 14.7 Å². The maximum atomic E-state index is 11.7. The van der Waals surface area contributed by atoms with Crippen LogP contribution in [0.1, 0.15) is 23.2 Å². The third-order valence-electron chi connectivity index (χ3n) is 3.05. The zero-order chi connectivity index (χ0) is 14.0. The third-order valence-corrected chi connectivity index (χ3v) is 3.05. The van der Waals surface area contributed by atoms with E-state index < -0.39 is 5.97 Å². The molecule has 4 N–H and O–H groups in total. The number of nitrogens with zero attached hydrogens (tertiary/aromatic N) is 1. The summed E-state index contributed by atoms with van der Waals surface area (Å²) in [6, 6.07) is 5.07. The fraction of sp³-hybridized carbons (Fsp3) is 0.385. The van der Waals surface area contributed by atoms with E-state index in [0.717, 1.165) is 12.8 Å². The van der Waals surface area contributed by atoms with Crippen LogP contribution in [0.3, 0.4) is 0 Å². The van der Waals surface area contributed by atoms with Crippen LogP contribution in [0.15, 0.2) is 18.2 Å². The van der Waals surface area contributed by atoms with Crippen LogP contribution in [-0.2, 0) is 4.79 Å². The second kappa shape index (κ2) is 5.17. The Bertz CT molecular complexity index is 512. The number of hydrogen-bond acceptors (Lipinski definition) is 4. The fourth-order valence-electron chi connectivity index (χ4n) is 1.87. The van der Waals surface area contributed by atoms with Gasteiger partial charge in [0.25, 0.3) is 0 Å². The summed E-state index contributed by atoms with van der Waals surface area (Å²) in [6.45, 7) is 0.157. The van der Waals surface area contributed by atoms with Crippen molar-refractivity contribution in [2.24, 2.45) is 0 Å². The second-order valence-electron chi connectivity index (χ2n) is 4.74. The number of aromatic carboxylic acids is 1. The molecular formula is C13H17N3O3. The van der Waals surface area contributed by atoms with Crippen LogP contribution < -0.4 is 16.0 Å². The van der Waals surface area contributed by atoms with Gasteiger partial charge in [-0.25, -0.2) is 4.79 Å². The van der Waals surface area contributed by atoms with Crippen molar-refractivity contribution in [2.45, 2.75) is 18.9 Å². The molecule has 0 radical (unpaired) electrons. The Hall–Kier alpha value is -2.24. The van der Waals surface area contributed by atoms with Crippen LogP contribution in [0.2, 0.25) is 0 Å². The zero-order valence-electron chi connectivity index (χ0n) is 10.7. The molecule has 1 aliphatic rings. The Kier molecular flexibility index (Phi) is 3.59. The number of carboxylic acids is 1. The highest BCUT2D eigenvalue weighted by Crippen LogP contribution is 2.26. The van der Waals surface area contributed by atoms with Crippen molar-refractivity contribution in [3.8, 4) is 0 Å². The molecule has 0 heterocycles. The van der Waals surface area contributed by atoms with Crippen molar-refractivity contribution in [1.82, 2.24) is 5.32 Å². The lowest BCUT2D eigenvalue weighted by molar-refractivity contribution is -0.119. The first-order valence-corrected chi connectivity index (χ1v) is 6.11. The van der Waals surface area contributed by atoms with Crippen molar-refractivity contribution in [2.75, 3.05) is 24.2 Å². The maximum absolute atomic E-state index is 11.7. The zero-order valence-corrected chi connectivity index (χ0v) is 10.7. The van der Waals surface area contributed by atoms with Gasteiger partial charge in [0.15, 0.2) is 0 Å². The highest BCUT2D eigenvalue weighted by Gasteiger charge is 2.24. The molecule has 0 atom stereocenters. The van der Waals surface area contributed by atoms with Gasteiger partial charge in [-0.05, 0) is 25.0 Å². The molecule has 0 bridgehead atoms. The normalized spacial score (nSPS) is 13.9. The first kappa shape index (κ1) is 13.2. The molecule has 0 aliphatic heterocycles. The number of benzene rings is 1. The maximum Gasteiger partial charge on any atom is 0.337 e. The minimum atomic E-state index is -1.07. The molecule has 1 aromatic rings. The van der Waals surface area contributed by atoms with Crippen LogP contribution in [0.4, 0.5) is 11.4 Å². The summed E-state index contributed by atoms with van der Waals surface area (Å²) in [5.74, 6) is -1.15. The highest BCUT2D eigenvalue weighted by molar-refractivity contribution is 5.97. The topological polar surface area (TPSA) is 95.7 Å². The van der Waals surface area contributed by atoms with Gasteiger partial charge in [0.2, 0.25) is 5.91 Å². The molecule has 0 unspecified atom stereocenters. The van der Waals surface area contributed by atoms with Gasteiger partial charge in [-0.15, -0.1) is 0 Å². The van der Waals surface area contributed by atoms with E-state index in [0.29, 0.717) is 11.7 Å². The number of amides is 1. The summed E-state index contributed by atoms with van der Waals surface area (Å²) in [6.07, 6.45) is 2.07. The molecule has 19 heavy (non-hydrogen) atoms. The summed E-state index contributed by atoms with van der Waals surface area (Å²) >= 11 is 0. The summed E-state index contributed by atoms with van der Waals surface area (Å²) in [7, 11) is 1.71. The molecule has 1 aliphatic carbocycles. The number of para-hydroxylation sites is 1. The number of nitrogens with two attached hydrogens (primary N) is 1. The molecule has 1 amide bonds. The third kappa shape index (κ3) is 3.15. The van der Waals surface area contributed by atoms with E-state index in [1.54, 1.807) is 24.1 Å². The molecule has 102 valence electrons. The number of rotatable bonds is 5. The summed E-state index contributed by atoms with van der Waals surface area (Å²) in [5.41, 5.74) is 6.59. The first-order valence-electron chi connectivity index (χ1n) is 6.11. The van der Waals surface area contributed by atoms with E-state index in [9.17, 15) is 9.59 Å². The van der Waals surface area contributed by atoms with Crippen molar-refractivity contribution in [1.29, 1.82) is 0 Å². The minimum absolute atomic E-state index is 0.0481. The van der Waals surface area contributed by atoms with E-state index >= 15 is 0 Å². The van der Waals surface area contributed by atoms with Crippen LogP contribution >= 0.6 is 0 Å². The summed E-state index contributed by atoms with van der Waals surface area (Å²) in [5, 5.41) is 11.9. The minimum Gasteiger partial charge on any atom is -0.478 e. The van der Waals surface area contributed by atoms with Gasteiger partial charge in [0.05, 0.1) is 23.5 Å². The van der Waals surface area contributed by atoms with E-state index in [1.807, 2.05) is 0 Å². The lowest BCUT2D eigenvalue weighted by atomic mass is 10.1. The van der Waals surface area contributed by atoms with Gasteiger partial charge in [-0.1, -0.05) is 6.07 Å². The lowest BCUT2D eigenvalue weighted by Crippen LogP contribution is -2.36. The van der Waals surface area contributed by atoms with Gasteiger partial charge in [-0.2, -0.15) is 0 Å². The second-order valence-corrected chi connectivity index (χ2v) is 4.74. The SMILES string of the molecule is CN(CC(=O)NC1CC1)c1cccc(C(=O)O)c1N. The predicted octanol–water partition coefficient (Wildman–Crippen LogP) is 0.682. The van der Waals surface area contributed by atoms with Gasteiger partial charge in [0, 0.05) is 13.1 Å². The molecule has 0 saturated heterocycles. The van der Waals surface area contributed by atoms with Crippen LogP contribution in [0.5, 0.6) is 0 Å². The first-order chi connectivity index (χ1) is 8.99. The molecule has 1 aromatic carbocycles. The van der Waals surface area contributed by atoms with Crippen LogP contribution in [0, 0.1) is 0 Å². The van der Waals surface area contributed by atoms with E-state index in [1.165, 1.54) is 6.07 Å². The average molecular weight is 263 g/mol. The number of carboxylic acid groups (broad SMARTS) is 1. The molecule has 0 spiro atoms. The van der Waals surface area contributed by atoms with E-state index in [-0.39, 0.29) is 23.7 Å². The number of hydrogen-bond donors (Lipinski definition) is 3. The Morgan fingerprint density at radius 2 is 2.16 bits per heavy atom. The Morgan fingerprint density at radius 3 is 2.74 bits per heavy atom. The fourth-order valence-corrected chi connectivity index (χ4v) is 1.87. The molecule has 2 rings (SSSR count). The van der Waals surface area contributed by atoms with E-state index in [4.69, 9.17) is 10.8 Å². The molecule has 6 heteroatoms. The van der Waals surface area contributed by atoms with Crippen molar-refractivity contribution in [3.05, 3.63) is 23.8 Å². The smallest absolute Gasteiger partial charge is 0.337 e. The van der Waals surface area contributed by atoms with Gasteiger partial charge in [0.1, 0.15) is 0 Å². The standard InChI is InChI=1S/C13H17N3O3/c1-16(7-11(17)15-8-5-6-8)10-4-2-3-9(12(10)14)13(18)19/h2-4,8H,5-7,14H2,1H3,(H,15,17)(H,18,19). The largest absolute Gasteiger partial charge is 0.478 e. The molecule has 0 aromatic heterocycles. The van der Waals surface area contributed by atoms with Gasteiger partial charge >= 0.3 is 5.97 Å². The number of carbonyl (C=O) groups excluding carboxylic acids is 1. The Balaban J connectivity index is 2.09. The Morgan fingerprint density at radius 1 is 1.47 bits per heavy atom. The number of anilines is 2. The number of nitrogen functional groups attached to an aromatic ring is 1. The van der Waals surface area contributed by atoms with Crippen molar-refractivity contribution in [3.63, 3.8) is 0 Å². The summed E-state index contributed by atoms with van der Waals surface area (Å²) in [4.78, 5) is 24.3. The highest BCUT2D eigenvalue weighted by atomic mass is 16.4. The van der Waals surface area contributed by atoms with Gasteiger partial charge in [-0.3, -0.25) is 4.79 Å². The molecular weight excluding hydrogens is 246 g/mol. The number of carbonyl (C=O) groups is 2.